The minimum absolute atomic E-state index is 0.264. The fourth-order valence-corrected chi connectivity index (χ4v) is 3.43. The number of anilines is 1. The Morgan fingerprint density at radius 3 is 2.63 bits per heavy atom. The van der Waals surface area contributed by atoms with Crippen LogP contribution in [-0.4, -0.2) is 16.0 Å². The normalized spacial score (nSPS) is 11.1. The van der Waals surface area contributed by atoms with E-state index < -0.39 is 0 Å². The summed E-state index contributed by atoms with van der Waals surface area (Å²) in [5.74, 6) is 1.24. The van der Waals surface area contributed by atoms with Gasteiger partial charge >= 0.3 is 0 Å². The second kappa shape index (κ2) is 6.66. The number of furan rings is 1. The van der Waals surface area contributed by atoms with E-state index in [1.54, 1.807) is 13.0 Å². The predicted molar refractivity (Wildman–Crippen MR) is 106 cm³/mol. The van der Waals surface area contributed by atoms with E-state index in [0.717, 1.165) is 21.6 Å². The molecular formula is C20H16BrN3O3. The third-order valence-corrected chi connectivity index (χ3v) is 4.99. The Bertz CT molecular complexity index is 1180. The average molecular weight is 426 g/mol. The van der Waals surface area contributed by atoms with E-state index in [0.29, 0.717) is 33.7 Å². The van der Waals surface area contributed by atoms with Gasteiger partial charge in [0.25, 0.3) is 11.6 Å². The number of carbonyl (C=O) groups is 1. The number of nitrogens with one attached hydrogen (secondary N) is 1. The van der Waals surface area contributed by atoms with E-state index in [1.807, 2.05) is 44.2 Å². The Morgan fingerprint density at radius 1 is 1.15 bits per heavy atom. The van der Waals surface area contributed by atoms with Crippen LogP contribution in [0.15, 0.2) is 49.8 Å². The molecule has 0 saturated heterocycles. The maximum Gasteiger partial charge on any atom is 0.259 e. The highest BCUT2D eigenvalue weighted by molar-refractivity contribution is 9.10. The molecule has 27 heavy (non-hydrogen) atoms. The molecule has 0 aliphatic carbocycles. The number of pyridine rings is 1. The van der Waals surface area contributed by atoms with E-state index in [4.69, 9.17) is 8.94 Å². The Hall–Kier alpha value is -2.93. The van der Waals surface area contributed by atoms with E-state index in [-0.39, 0.29) is 5.91 Å². The molecule has 1 N–H and O–H groups in total. The summed E-state index contributed by atoms with van der Waals surface area (Å²) in [7, 11) is 0. The smallest absolute Gasteiger partial charge is 0.259 e. The summed E-state index contributed by atoms with van der Waals surface area (Å²) in [5, 5.41) is 7.50. The second-order valence-electron chi connectivity index (χ2n) is 6.26. The highest BCUT2D eigenvalue weighted by Gasteiger charge is 2.21. The molecule has 1 amide bonds. The fraction of sp³-hybridized carbons (Fsp3) is 0.150. The molecule has 1 aromatic carbocycles. The predicted octanol–water partition coefficient (Wildman–Crippen LogP) is 5.42. The molecular weight excluding hydrogens is 410 g/mol. The topological polar surface area (TPSA) is 81.2 Å². The van der Waals surface area contributed by atoms with Crippen LogP contribution in [0.25, 0.3) is 22.4 Å². The van der Waals surface area contributed by atoms with Gasteiger partial charge in [-0.3, -0.25) is 4.79 Å². The van der Waals surface area contributed by atoms with Crippen molar-refractivity contribution < 1.29 is 13.7 Å². The molecule has 0 bridgehead atoms. The van der Waals surface area contributed by atoms with Crippen molar-refractivity contribution in [2.24, 2.45) is 0 Å². The number of para-hydroxylation sites is 1. The van der Waals surface area contributed by atoms with Gasteiger partial charge in [0.05, 0.1) is 28.0 Å². The highest BCUT2D eigenvalue weighted by atomic mass is 79.9. The maximum absolute atomic E-state index is 13.1. The van der Waals surface area contributed by atoms with E-state index in [9.17, 15) is 4.79 Å². The Balaban J connectivity index is 1.85. The summed E-state index contributed by atoms with van der Waals surface area (Å²) in [4.78, 5) is 17.6. The lowest BCUT2D eigenvalue weighted by atomic mass is 10.1. The standard InChI is InChI=1S/C20H16BrN3O3/c1-10-8-13(12(3)26-10)17-9-14(18-11(2)24-27-20(18)23-17)19(25)22-16-7-5-4-6-15(16)21/h4-9H,1-3H3,(H,22,25). The summed E-state index contributed by atoms with van der Waals surface area (Å²) >= 11 is 3.45. The van der Waals surface area contributed by atoms with Crippen molar-refractivity contribution in [2.45, 2.75) is 20.8 Å². The van der Waals surface area contributed by atoms with Crippen molar-refractivity contribution in [1.82, 2.24) is 10.1 Å². The molecule has 0 aliphatic rings. The van der Waals surface area contributed by atoms with Gasteiger partial charge in [-0.15, -0.1) is 0 Å². The SMILES string of the molecule is Cc1cc(-c2cc(C(=O)Nc3ccccc3Br)c3c(C)noc3n2)c(C)o1. The summed E-state index contributed by atoms with van der Waals surface area (Å²) < 4.78 is 11.7. The van der Waals surface area contributed by atoms with Gasteiger partial charge in [0.2, 0.25) is 0 Å². The third kappa shape index (κ3) is 3.14. The van der Waals surface area contributed by atoms with Crippen LogP contribution in [-0.2, 0) is 0 Å². The molecule has 0 atom stereocenters. The van der Waals surface area contributed by atoms with Crippen molar-refractivity contribution in [1.29, 1.82) is 0 Å². The molecule has 3 heterocycles. The number of benzene rings is 1. The van der Waals surface area contributed by atoms with Crippen LogP contribution in [0, 0.1) is 20.8 Å². The number of fused-ring (bicyclic) bond motifs is 1. The van der Waals surface area contributed by atoms with E-state index >= 15 is 0 Å². The van der Waals surface area contributed by atoms with Gasteiger partial charge in [0.15, 0.2) is 0 Å². The summed E-state index contributed by atoms with van der Waals surface area (Å²) in [6.45, 7) is 5.52. The van der Waals surface area contributed by atoms with Crippen LogP contribution in [0.5, 0.6) is 0 Å². The largest absolute Gasteiger partial charge is 0.466 e. The van der Waals surface area contributed by atoms with Gasteiger partial charge in [-0.1, -0.05) is 17.3 Å². The molecule has 0 fully saturated rings. The van der Waals surface area contributed by atoms with Gasteiger partial charge < -0.3 is 14.3 Å². The summed E-state index contributed by atoms with van der Waals surface area (Å²) in [5.41, 5.74) is 3.48. The summed E-state index contributed by atoms with van der Waals surface area (Å²) in [6.07, 6.45) is 0. The van der Waals surface area contributed by atoms with Gasteiger partial charge in [-0.25, -0.2) is 4.98 Å². The lowest BCUT2D eigenvalue weighted by molar-refractivity contribution is 0.102. The molecule has 0 aliphatic heterocycles. The maximum atomic E-state index is 13.1. The average Bonchev–Trinajstić information content (AvgIpc) is 3.18. The number of halogens is 1. The number of hydrogen-bond acceptors (Lipinski definition) is 5. The molecule has 7 heteroatoms. The lowest BCUT2D eigenvalue weighted by Crippen LogP contribution is -2.13. The van der Waals surface area contributed by atoms with E-state index in [2.05, 4.69) is 31.4 Å². The first-order valence-corrected chi connectivity index (χ1v) is 9.13. The van der Waals surface area contributed by atoms with Crippen molar-refractivity contribution in [3.63, 3.8) is 0 Å². The minimum Gasteiger partial charge on any atom is -0.466 e. The van der Waals surface area contributed by atoms with Crippen LogP contribution in [0.1, 0.15) is 27.6 Å². The first kappa shape index (κ1) is 17.5. The Kier molecular flexibility index (Phi) is 4.31. The molecule has 3 aromatic heterocycles. The first-order chi connectivity index (χ1) is 12.9. The lowest BCUT2D eigenvalue weighted by Gasteiger charge is -2.09. The molecule has 6 nitrogen and oxygen atoms in total. The first-order valence-electron chi connectivity index (χ1n) is 8.34. The van der Waals surface area contributed by atoms with Crippen molar-refractivity contribution in [2.75, 3.05) is 5.32 Å². The highest BCUT2D eigenvalue weighted by Crippen LogP contribution is 2.31. The number of aryl methyl sites for hydroxylation is 3. The molecule has 0 radical (unpaired) electrons. The molecule has 0 unspecified atom stereocenters. The second-order valence-corrected chi connectivity index (χ2v) is 7.12. The number of hydrogen-bond donors (Lipinski definition) is 1. The monoisotopic (exact) mass is 425 g/mol. The van der Waals surface area contributed by atoms with Crippen LogP contribution >= 0.6 is 15.9 Å². The number of rotatable bonds is 3. The Morgan fingerprint density at radius 2 is 1.93 bits per heavy atom. The number of amides is 1. The fourth-order valence-electron chi connectivity index (χ4n) is 3.05. The molecule has 0 saturated carbocycles. The number of nitrogens with zero attached hydrogens (tertiary/aromatic N) is 2. The van der Waals surface area contributed by atoms with Crippen LogP contribution < -0.4 is 5.32 Å². The summed E-state index contributed by atoms with van der Waals surface area (Å²) in [6, 6.07) is 11.1. The molecule has 4 rings (SSSR count). The van der Waals surface area contributed by atoms with Gasteiger partial charge in [-0.05, 0) is 61.0 Å². The molecule has 0 spiro atoms. The zero-order chi connectivity index (χ0) is 19.1. The van der Waals surface area contributed by atoms with E-state index in [1.165, 1.54) is 0 Å². The van der Waals surface area contributed by atoms with Gasteiger partial charge in [0, 0.05) is 10.0 Å². The van der Waals surface area contributed by atoms with Gasteiger partial charge in [-0.2, -0.15) is 0 Å². The van der Waals surface area contributed by atoms with Crippen molar-refractivity contribution >= 4 is 38.6 Å². The zero-order valence-corrected chi connectivity index (χ0v) is 16.5. The van der Waals surface area contributed by atoms with Crippen LogP contribution in [0.4, 0.5) is 5.69 Å². The zero-order valence-electron chi connectivity index (χ0n) is 15.0. The Labute approximate surface area is 163 Å². The minimum atomic E-state index is -0.264. The molecule has 4 aromatic rings. The third-order valence-electron chi connectivity index (χ3n) is 4.30. The van der Waals surface area contributed by atoms with Crippen LogP contribution in [0.3, 0.4) is 0 Å². The number of aromatic nitrogens is 2. The quantitative estimate of drug-likeness (QED) is 0.473. The van der Waals surface area contributed by atoms with Crippen molar-refractivity contribution in [3.05, 3.63) is 63.6 Å². The van der Waals surface area contributed by atoms with Crippen molar-refractivity contribution in [3.8, 4) is 11.3 Å². The molecule has 136 valence electrons. The van der Waals surface area contributed by atoms with Gasteiger partial charge in [0.1, 0.15) is 11.5 Å². The van der Waals surface area contributed by atoms with Crippen LogP contribution in [0.2, 0.25) is 0 Å². The number of carbonyl (C=O) groups excluding carboxylic acids is 1.